The van der Waals surface area contributed by atoms with Gasteiger partial charge in [-0.3, -0.25) is 4.79 Å². The molecule has 0 fully saturated rings. The van der Waals surface area contributed by atoms with E-state index in [9.17, 15) is 9.18 Å². The first kappa shape index (κ1) is 22.1. The van der Waals surface area contributed by atoms with Crippen LogP contribution in [-0.2, 0) is 9.22 Å². The van der Waals surface area contributed by atoms with Crippen molar-refractivity contribution >= 4 is 20.3 Å². The van der Waals surface area contributed by atoms with Crippen LogP contribution in [0.25, 0.3) is 6.08 Å². The van der Waals surface area contributed by atoms with Crippen LogP contribution in [0.1, 0.15) is 37.9 Å². The van der Waals surface area contributed by atoms with Crippen LogP contribution in [0.5, 0.6) is 0 Å². The molecule has 2 rings (SSSR count). The second kappa shape index (κ2) is 9.30. The maximum atomic E-state index is 13.3. The number of carbonyl (C=O) groups is 1. The topological polar surface area (TPSA) is 38.3 Å². The van der Waals surface area contributed by atoms with Gasteiger partial charge >= 0.3 is 0 Å². The summed E-state index contributed by atoms with van der Waals surface area (Å²) in [5, 5.41) is 3.06. The fourth-order valence-corrected chi connectivity index (χ4v) is 3.40. The van der Waals surface area contributed by atoms with Crippen LogP contribution >= 0.6 is 0 Å². The quantitative estimate of drug-likeness (QED) is 0.478. The molecule has 28 heavy (non-hydrogen) atoms. The van der Waals surface area contributed by atoms with Crippen molar-refractivity contribution in [3.8, 4) is 0 Å². The van der Waals surface area contributed by atoms with E-state index in [-0.39, 0.29) is 22.8 Å². The first-order valence-electron chi connectivity index (χ1n) is 9.51. The zero-order valence-electron chi connectivity index (χ0n) is 17.3. The highest BCUT2D eigenvalue weighted by Crippen LogP contribution is 2.37. The second-order valence-corrected chi connectivity index (χ2v) is 13.2. The Morgan fingerprint density at radius 1 is 1.11 bits per heavy atom. The fraction of sp³-hybridized carbons (Fsp3) is 0.348. The average molecular weight is 400 g/mol. The molecule has 1 amide bonds. The number of benzene rings is 2. The molecular weight excluding hydrogens is 369 g/mol. The molecule has 0 aromatic heterocycles. The van der Waals surface area contributed by atoms with E-state index in [1.54, 1.807) is 18.2 Å². The second-order valence-electron chi connectivity index (χ2n) is 8.43. The van der Waals surface area contributed by atoms with Crippen molar-refractivity contribution in [1.29, 1.82) is 0 Å². The van der Waals surface area contributed by atoms with Crippen molar-refractivity contribution in [3.63, 3.8) is 0 Å². The lowest BCUT2D eigenvalue weighted by Gasteiger charge is -2.37. The number of nitrogens with one attached hydrogen (secondary N) is 1. The maximum absolute atomic E-state index is 13.3. The molecule has 0 heterocycles. The molecule has 5 heteroatoms. The van der Waals surface area contributed by atoms with Crippen molar-refractivity contribution in [2.45, 2.75) is 44.9 Å². The van der Waals surface area contributed by atoms with Crippen LogP contribution in [0.4, 0.5) is 4.39 Å². The molecule has 0 saturated heterocycles. The molecule has 0 radical (unpaired) electrons. The normalized spacial score (nSPS) is 13.5. The maximum Gasteiger partial charge on any atom is 0.244 e. The van der Waals surface area contributed by atoms with Crippen molar-refractivity contribution in [1.82, 2.24) is 5.32 Å². The number of halogens is 1. The Hall–Kier alpha value is -2.24. The molecular formula is C23H30FNO2Si. The van der Waals surface area contributed by atoms with Gasteiger partial charge in [-0.05, 0) is 47.5 Å². The largest absolute Gasteiger partial charge is 0.414 e. The number of rotatable bonds is 7. The highest BCUT2D eigenvalue weighted by atomic mass is 28.4. The smallest absolute Gasteiger partial charge is 0.244 e. The highest BCUT2D eigenvalue weighted by Gasteiger charge is 2.37. The lowest BCUT2D eigenvalue weighted by Crippen LogP contribution is -2.43. The Bertz CT molecular complexity index is 796. The van der Waals surface area contributed by atoms with Gasteiger partial charge in [0.15, 0.2) is 8.32 Å². The molecule has 3 nitrogen and oxygen atoms in total. The number of amides is 1. The summed E-state index contributed by atoms with van der Waals surface area (Å²) in [6.45, 7) is 11.2. The van der Waals surface area contributed by atoms with E-state index in [1.165, 1.54) is 18.2 Å². The van der Waals surface area contributed by atoms with Crippen LogP contribution < -0.4 is 5.32 Å². The highest BCUT2D eigenvalue weighted by molar-refractivity contribution is 6.74. The first-order chi connectivity index (χ1) is 13.1. The molecule has 0 spiro atoms. The minimum Gasteiger partial charge on any atom is -0.414 e. The van der Waals surface area contributed by atoms with E-state index in [0.717, 1.165) is 11.1 Å². The van der Waals surface area contributed by atoms with Crippen molar-refractivity contribution in [2.24, 2.45) is 0 Å². The third kappa shape index (κ3) is 6.43. The van der Waals surface area contributed by atoms with Gasteiger partial charge < -0.3 is 9.74 Å². The molecule has 2 aromatic rings. The Kier molecular flexibility index (Phi) is 7.33. The van der Waals surface area contributed by atoms with Gasteiger partial charge in [0.25, 0.3) is 0 Å². The predicted molar refractivity (Wildman–Crippen MR) is 116 cm³/mol. The van der Waals surface area contributed by atoms with Crippen molar-refractivity contribution in [2.75, 3.05) is 6.61 Å². The van der Waals surface area contributed by atoms with E-state index >= 15 is 0 Å². The number of carbonyl (C=O) groups excluding carboxylic acids is 1. The third-order valence-electron chi connectivity index (χ3n) is 5.23. The van der Waals surface area contributed by atoms with Gasteiger partial charge in [-0.1, -0.05) is 63.2 Å². The van der Waals surface area contributed by atoms with E-state index in [2.05, 4.69) is 39.2 Å². The van der Waals surface area contributed by atoms with E-state index < -0.39 is 8.32 Å². The van der Waals surface area contributed by atoms with Gasteiger partial charge in [0, 0.05) is 6.08 Å². The lowest BCUT2D eigenvalue weighted by atomic mass is 10.1. The lowest BCUT2D eigenvalue weighted by molar-refractivity contribution is -0.117. The van der Waals surface area contributed by atoms with E-state index in [1.807, 2.05) is 30.3 Å². The SMILES string of the molecule is CC(C)(C)[Si](C)(C)OCC(NC(=O)C=Cc1ccccc1)c1ccc(F)cc1. The zero-order chi connectivity index (χ0) is 20.8. The van der Waals surface area contributed by atoms with Gasteiger partial charge in [-0.25, -0.2) is 4.39 Å². The van der Waals surface area contributed by atoms with Gasteiger partial charge in [0.1, 0.15) is 5.82 Å². The van der Waals surface area contributed by atoms with Crippen LogP contribution in [0.15, 0.2) is 60.7 Å². The van der Waals surface area contributed by atoms with Gasteiger partial charge in [0.05, 0.1) is 12.6 Å². The molecule has 0 aliphatic rings. The summed E-state index contributed by atoms with van der Waals surface area (Å²) in [5.41, 5.74) is 1.77. The standard InChI is InChI=1S/C23H30FNO2Si/c1-23(2,3)28(4,5)27-17-21(19-12-14-20(24)15-13-19)25-22(26)16-11-18-9-7-6-8-10-18/h6-16,21H,17H2,1-5H3,(H,25,26). The van der Waals surface area contributed by atoms with Crippen LogP contribution in [0.3, 0.4) is 0 Å². The summed E-state index contributed by atoms with van der Waals surface area (Å²) in [4.78, 5) is 12.5. The predicted octanol–water partition coefficient (Wildman–Crippen LogP) is 5.72. The van der Waals surface area contributed by atoms with Crippen molar-refractivity contribution in [3.05, 3.63) is 77.6 Å². The monoisotopic (exact) mass is 399 g/mol. The van der Waals surface area contributed by atoms with Gasteiger partial charge in [-0.15, -0.1) is 0 Å². The molecule has 0 saturated carbocycles. The Labute approximate surface area is 168 Å². The van der Waals surface area contributed by atoms with Gasteiger partial charge in [0.2, 0.25) is 5.91 Å². The molecule has 0 aliphatic heterocycles. The molecule has 0 aliphatic carbocycles. The minimum atomic E-state index is -1.98. The average Bonchev–Trinajstić information content (AvgIpc) is 2.64. The molecule has 1 N–H and O–H groups in total. The summed E-state index contributed by atoms with van der Waals surface area (Å²) in [7, 11) is -1.98. The Morgan fingerprint density at radius 3 is 2.29 bits per heavy atom. The molecule has 1 atom stereocenters. The molecule has 2 aromatic carbocycles. The minimum absolute atomic E-state index is 0.0670. The summed E-state index contributed by atoms with van der Waals surface area (Å²) < 4.78 is 19.6. The molecule has 0 bridgehead atoms. The first-order valence-corrected chi connectivity index (χ1v) is 12.4. The van der Waals surface area contributed by atoms with Crippen molar-refractivity contribution < 1.29 is 13.6 Å². The Balaban J connectivity index is 2.13. The molecule has 1 unspecified atom stereocenters. The van der Waals surface area contributed by atoms with Crippen LogP contribution in [-0.4, -0.2) is 20.8 Å². The summed E-state index contributed by atoms with van der Waals surface area (Å²) in [6.07, 6.45) is 3.28. The third-order valence-corrected chi connectivity index (χ3v) is 9.73. The van der Waals surface area contributed by atoms with E-state index in [4.69, 9.17) is 4.43 Å². The zero-order valence-corrected chi connectivity index (χ0v) is 18.3. The fourth-order valence-electron chi connectivity index (χ4n) is 2.38. The number of hydrogen-bond donors (Lipinski definition) is 1. The Morgan fingerprint density at radius 2 is 1.71 bits per heavy atom. The summed E-state index contributed by atoms with van der Waals surface area (Å²) in [5.74, 6) is -0.514. The van der Waals surface area contributed by atoms with Crippen LogP contribution in [0, 0.1) is 5.82 Å². The van der Waals surface area contributed by atoms with Crippen LogP contribution in [0.2, 0.25) is 18.1 Å². The summed E-state index contributed by atoms with van der Waals surface area (Å²) in [6, 6.07) is 15.5. The molecule has 150 valence electrons. The van der Waals surface area contributed by atoms with E-state index in [0.29, 0.717) is 6.61 Å². The van der Waals surface area contributed by atoms with Gasteiger partial charge in [-0.2, -0.15) is 0 Å². The number of hydrogen-bond acceptors (Lipinski definition) is 2. The summed E-state index contributed by atoms with van der Waals surface area (Å²) >= 11 is 0.